The summed E-state index contributed by atoms with van der Waals surface area (Å²) in [5.74, 6) is 0. The number of carbonyl (C=O) groups excluding carboxylic acids is 1. The zero-order valence-corrected chi connectivity index (χ0v) is 9.80. The molecule has 5 nitrogen and oxygen atoms in total. The first-order chi connectivity index (χ1) is 7.72. The lowest BCUT2D eigenvalue weighted by molar-refractivity contribution is -0.670. The summed E-state index contributed by atoms with van der Waals surface area (Å²) in [6, 6.07) is 0.240. The average molecular weight is 224 g/mol. The molecule has 0 bridgehead atoms. The van der Waals surface area contributed by atoms with Gasteiger partial charge in [-0.3, -0.25) is 4.90 Å². The van der Waals surface area contributed by atoms with Gasteiger partial charge >= 0.3 is 6.03 Å². The second kappa shape index (κ2) is 4.65. The molecule has 88 valence electrons. The van der Waals surface area contributed by atoms with Gasteiger partial charge in [-0.1, -0.05) is 6.92 Å². The van der Waals surface area contributed by atoms with Crippen LogP contribution in [0, 0.1) is 0 Å². The van der Waals surface area contributed by atoms with E-state index >= 15 is 0 Å². The highest BCUT2D eigenvalue weighted by Gasteiger charge is 2.29. The van der Waals surface area contributed by atoms with Crippen molar-refractivity contribution in [1.29, 1.82) is 0 Å². The van der Waals surface area contributed by atoms with E-state index in [-0.39, 0.29) is 12.1 Å². The summed E-state index contributed by atoms with van der Waals surface area (Å²) in [4.78, 5) is 14.1. The molecule has 16 heavy (non-hydrogen) atoms. The molecule has 1 fully saturated rings. The van der Waals surface area contributed by atoms with Crippen LogP contribution in [0.25, 0.3) is 0 Å². The monoisotopic (exact) mass is 224 g/mol. The maximum atomic E-state index is 12.2. The van der Waals surface area contributed by atoms with Gasteiger partial charge in [-0.2, -0.15) is 4.57 Å². The van der Waals surface area contributed by atoms with Gasteiger partial charge in [-0.15, -0.1) is 0 Å². The molecule has 1 atom stereocenters. The number of imidazole rings is 1. The molecule has 2 rings (SSSR count). The van der Waals surface area contributed by atoms with Crippen molar-refractivity contribution in [2.24, 2.45) is 7.05 Å². The number of carbonyl (C=O) groups is 1. The molecular formula is C11H18N3O2+. The number of aryl methyl sites for hydroxylation is 1. The number of morpholine rings is 1. The molecule has 0 aliphatic carbocycles. The maximum Gasteiger partial charge on any atom is 0.416 e. The molecular weight excluding hydrogens is 206 g/mol. The van der Waals surface area contributed by atoms with Gasteiger partial charge in [-0.25, -0.2) is 9.36 Å². The zero-order valence-electron chi connectivity index (χ0n) is 9.80. The van der Waals surface area contributed by atoms with E-state index in [2.05, 4.69) is 6.92 Å². The lowest BCUT2D eigenvalue weighted by Gasteiger charge is -2.33. The van der Waals surface area contributed by atoms with Crippen LogP contribution in [0.5, 0.6) is 0 Å². The third-order valence-corrected chi connectivity index (χ3v) is 2.93. The van der Waals surface area contributed by atoms with Gasteiger partial charge in [0.25, 0.3) is 6.33 Å². The Kier molecular flexibility index (Phi) is 3.24. The van der Waals surface area contributed by atoms with Crippen LogP contribution >= 0.6 is 0 Å². The Hall–Kier alpha value is -1.36. The number of hydrogen-bond acceptors (Lipinski definition) is 2. The van der Waals surface area contributed by atoms with Crippen molar-refractivity contribution in [2.75, 3.05) is 19.8 Å². The summed E-state index contributed by atoms with van der Waals surface area (Å²) in [7, 11) is 1.90. The molecule has 2 heterocycles. The number of nitrogens with zero attached hydrogens (tertiary/aromatic N) is 3. The number of hydrogen-bond donors (Lipinski definition) is 0. The van der Waals surface area contributed by atoms with Crippen LogP contribution in [0.3, 0.4) is 0 Å². The Bertz CT molecular complexity index is 375. The summed E-state index contributed by atoms with van der Waals surface area (Å²) in [5, 5.41) is 0. The van der Waals surface area contributed by atoms with Crippen molar-refractivity contribution in [3.8, 4) is 0 Å². The fraction of sp³-hybridized carbons (Fsp3) is 0.636. The smallest absolute Gasteiger partial charge is 0.377 e. The van der Waals surface area contributed by atoms with Crippen LogP contribution in [0.4, 0.5) is 4.79 Å². The highest BCUT2D eigenvalue weighted by Crippen LogP contribution is 2.11. The second-order valence-corrected chi connectivity index (χ2v) is 4.10. The normalized spacial score (nSPS) is 21.1. The van der Waals surface area contributed by atoms with Gasteiger partial charge in [-0.05, 0) is 6.42 Å². The lowest BCUT2D eigenvalue weighted by atomic mass is 10.2. The summed E-state index contributed by atoms with van der Waals surface area (Å²) < 4.78 is 8.87. The van der Waals surface area contributed by atoms with Gasteiger partial charge in [0.2, 0.25) is 0 Å². The van der Waals surface area contributed by atoms with E-state index in [0.29, 0.717) is 19.8 Å². The first kappa shape index (κ1) is 11.1. The van der Waals surface area contributed by atoms with Crippen molar-refractivity contribution in [2.45, 2.75) is 19.4 Å². The van der Waals surface area contributed by atoms with Gasteiger partial charge in [0.05, 0.1) is 26.3 Å². The van der Waals surface area contributed by atoms with Crippen LogP contribution in [-0.4, -0.2) is 41.3 Å². The fourth-order valence-corrected chi connectivity index (χ4v) is 1.96. The highest BCUT2D eigenvalue weighted by atomic mass is 16.5. The van der Waals surface area contributed by atoms with Crippen LogP contribution in [0.1, 0.15) is 13.3 Å². The van der Waals surface area contributed by atoms with Gasteiger partial charge < -0.3 is 4.74 Å². The molecule has 1 aliphatic rings. The van der Waals surface area contributed by atoms with E-state index in [9.17, 15) is 4.79 Å². The third kappa shape index (κ3) is 2.09. The summed E-state index contributed by atoms with van der Waals surface area (Å²) in [6.45, 7) is 4.04. The van der Waals surface area contributed by atoms with Crippen LogP contribution in [-0.2, 0) is 11.8 Å². The largest absolute Gasteiger partial charge is 0.416 e. The lowest BCUT2D eigenvalue weighted by Crippen LogP contribution is -2.49. The molecule has 0 aromatic carbocycles. The summed E-state index contributed by atoms with van der Waals surface area (Å²) >= 11 is 0. The SMILES string of the molecule is CCC1COCCN1C(=O)n1cc[n+](C)c1. The van der Waals surface area contributed by atoms with Gasteiger partial charge in [0, 0.05) is 6.54 Å². The van der Waals surface area contributed by atoms with Gasteiger partial charge in [0.1, 0.15) is 12.4 Å². The van der Waals surface area contributed by atoms with Crippen molar-refractivity contribution in [1.82, 2.24) is 9.47 Å². The maximum absolute atomic E-state index is 12.2. The molecule has 1 aliphatic heterocycles. The molecule has 1 saturated heterocycles. The van der Waals surface area contributed by atoms with E-state index in [1.807, 2.05) is 22.7 Å². The van der Waals surface area contributed by atoms with E-state index in [1.165, 1.54) is 0 Å². The van der Waals surface area contributed by atoms with Crippen molar-refractivity contribution < 1.29 is 14.1 Å². The van der Waals surface area contributed by atoms with Crippen molar-refractivity contribution in [3.05, 3.63) is 18.7 Å². The van der Waals surface area contributed by atoms with E-state index < -0.39 is 0 Å². The first-order valence-electron chi connectivity index (χ1n) is 5.64. The number of rotatable bonds is 1. The Morgan fingerprint density at radius 2 is 2.44 bits per heavy atom. The number of aromatic nitrogens is 2. The fourth-order valence-electron chi connectivity index (χ4n) is 1.96. The number of ether oxygens (including phenoxy) is 1. The molecule has 0 N–H and O–H groups in total. The molecule has 1 aromatic rings. The third-order valence-electron chi connectivity index (χ3n) is 2.93. The minimum absolute atomic E-state index is 0.0377. The predicted octanol–water partition coefficient (Wildman–Crippen LogP) is 0.391. The summed E-state index contributed by atoms with van der Waals surface area (Å²) in [6.07, 6.45) is 6.35. The standard InChI is InChI=1S/C11H18N3O2/c1-3-10-8-16-7-6-14(10)11(15)13-5-4-12(2)9-13/h4-5,9-10H,3,6-8H2,1-2H3/q+1. The highest BCUT2D eigenvalue weighted by molar-refractivity contribution is 5.76. The van der Waals surface area contributed by atoms with E-state index in [4.69, 9.17) is 4.74 Å². The topological polar surface area (TPSA) is 38.4 Å². The Balaban J connectivity index is 2.13. The molecule has 0 radical (unpaired) electrons. The molecule has 1 aromatic heterocycles. The summed E-state index contributed by atoms with van der Waals surface area (Å²) in [5.41, 5.74) is 0. The van der Waals surface area contributed by atoms with Crippen molar-refractivity contribution in [3.63, 3.8) is 0 Å². The Morgan fingerprint density at radius 1 is 1.62 bits per heavy atom. The Labute approximate surface area is 95.2 Å². The molecule has 1 unspecified atom stereocenters. The molecule has 0 spiro atoms. The van der Waals surface area contributed by atoms with E-state index in [1.54, 1.807) is 17.1 Å². The van der Waals surface area contributed by atoms with Crippen LogP contribution in [0.15, 0.2) is 18.7 Å². The Morgan fingerprint density at radius 3 is 3.06 bits per heavy atom. The first-order valence-corrected chi connectivity index (χ1v) is 5.64. The zero-order chi connectivity index (χ0) is 11.5. The minimum Gasteiger partial charge on any atom is -0.377 e. The minimum atomic E-state index is 0.0377. The van der Waals surface area contributed by atoms with Crippen molar-refractivity contribution >= 4 is 6.03 Å². The molecule has 1 amide bonds. The average Bonchev–Trinajstić information content (AvgIpc) is 2.75. The quantitative estimate of drug-likeness (QED) is 0.647. The van der Waals surface area contributed by atoms with Crippen LogP contribution in [0.2, 0.25) is 0 Å². The predicted molar refractivity (Wildman–Crippen MR) is 58.0 cm³/mol. The number of amides is 1. The van der Waals surface area contributed by atoms with Gasteiger partial charge in [0.15, 0.2) is 0 Å². The molecule has 5 heteroatoms. The van der Waals surface area contributed by atoms with Crippen LogP contribution < -0.4 is 4.57 Å². The second-order valence-electron chi connectivity index (χ2n) is 4.10. The molecule has 0 saturated carbocycles. The van der Waals surface area contributed by atoms with E-state index in [0.717, 1.165) is 6.42 Å².